The van der Waals surface area contributed by atoms with Crippen LogP contribution in [0, 0.1) is 25.5 Å². The minimum absolute atomic E-state index is 0.408. The van der Waals surface area contributed by atoms with E-state index >= 15 is 0 Å². The number of halogens is 2. The summed E-state index contributed by atoms with van der Waals surface area (Å²) < 4.78 is 27.3. The molecule has 0 aliphatic rings. The number of amides is 1. The van der Waals surface area contributed by atoms with Crippen molar-refractivity contribution < 1.29 is 13.6 Å². The molecule has 2 aromatic carbocycles. The van der Waals surface area contributed by atoms with Crippen molar-refractivity contribution in [3.8, 4) is 0 Å². The van der Waals surface area contributed by atoms with Crippen LogP contribution in [0.4, 0.5) is 14.5 Å². The quantitative estimate of drug-likeness (QED) is 0.896. The first kappa shape index (κ1) is 18.1. The van der Waals surface area contributed by atoms with Crippen molar-refractivity contribution in [2.24, 2.45) is 0 Å². The summed E-state index contributed by atoms with van der Waals surface area (Å²) in [6.45, 7) is 6.33. The minimum Gasteiger partial charge on any atom is -0.320 e. The van der Waals surface area contributed by atoms with E-state index in [-0.39, 0.29) is 0 Å². The average molecular weight is 332 g/mol. The van der Waals surface area contributed by atoms with Crippen LogP contribution < -0.4 is 5.32 Å². The lowest BCUT2D eigenvalue weighted by Crippen LogP contribution is -2.39. The normalized spacial score (nSPS) is 12.3. The number of carbonyl (C=O) groups excluding carboxylic acids is 1. The Balaban J connectivity index is 2.07. The Hall–Kier alpha value is -2.27. The van der Waals surface area contributed by atoms with Crippen molar-refractivity contribution in [3.05, 3.63) is 64.7 Å². The number of benzene rings is 2. The van der Waals surface area contributed by atoms with Crippen LogP contribution >= 0.6 is 0 Å². The molecule has 0 unspecified atom stereocenters. The van der Waals surface area contributed by atoms with E-state index in [0.717, 1.165) is 23.3 Å². The zero-order valence-electron chi connectivity index (χ0n) is 14.4. The molecule has 2 rings (SSSR count). The largest absolute Gasteiger partial charge is 0.320 e. The van der Waals surface area contributed by atoms with E-state index in [2.05, 4.69) is 11.4 Å². The van der Waals surface area contributed by atoms with Crippen LogP contribution in [0.3, 0.4) is 0 Å². The van der Waals surface area contributed by atoms with Gasteiger partial charge in [-0.2, -0.15) is 0 Å². The third-order valence-corrected chi connectivity index (χ3v) is 4.17. The number of nitrogens with zero attached hydrogens (tertiary/aromatic N) is 1. The number of likely N-dealkylation sites (N-methyl/N-ethyl adjacent to an activating group) is 1. The van der Waals surface area contributed by atoms with E-state index in [1.54, 1.807) is 14.0 Å². The van der Waals surface area contributed by atoms with Gasteiger partial charge in [0.2, 0.25) is 5.91 Å². The Bertz CT molecular complexity index is 726. The third-order valence-electron chi connectivity index (χ3n) is 4.17. The zero-order valence-corrected chi connectivity index (χ0v) is 14.4. The number of anilines is 1. The summed E-state index contributed by atoms with van der Waals surface area (Å²) in [5.74, 6) is -2.02. The fourth-order valence-electron chi connectivity index (χ4n) is 2.47. The monoisotopic (exact) mass is 332 g/mol. The maximum absolute atomic E-state index is 13.6. The SMILES string of the molecule is Cc1ccc(CN(C)[C@@H](C)C(=O)Nc2c(F)cccc2F)c(C)c1. The van der Waals surface area contributed by atoms with Gasteiger partial charge in [0.1, 0.15) is 17.3 Å². The number of hydrogen-bond acceptors (Lipinski definition) is 2. The molecule has 3 nitrogen and oxygen atoms in total. The van der Waals surface area contributed by atoms with Crippen LogP contribution in [-0.2, 0) is 11.3 Å². The number of aryl methyl sites for hydroxylation is 2. The van der Waals surface area contributed by atoms with Crippen LogP contribution in [0.15, 0.2) is 36.4 Å². The van der Waals surface area contributed by atoms with Crippen LogP contribution in [0.25, 0.3) is 0 Å². The number of carbonyl (C=O) groups is 1. The van der Waals surface area contributed by atoms with Gasteiger partial charge in [-0.1, -0.05) is 29.8 Å². The maximum atomic E-state index is 13.6. The van der Waals surface area contributed by atoms with E-state index in [9.17, 15) is 13.6 Å². The maximum Gasteiger partial charge on any atom is 0.241 e. The van der Waals surface area contributed by atoms with E-state index < -0.39 is 29.3 Å². The second-order valence-electron chi connectivity index (χ2n) is 6.11. The predicted octanol–water partition coefficient (Wildman–Crippen LogP) is 4.04. The van der Waals surface area contributed by atoms with Gasteiger partial charge in [0.05, 0.1) is 6.04 Å². The molecule has 0 spiro atoms. The molecule has 0 saturated heterocycles. The van der Waals surface area contributed by atoms with Crippen molar-refractivity contribution in [1.29, 1.82) is 0 Å². The first-order valence-electron chi connectivity index (χ1n) is 7.81. The van der Waals surface area contributed by atoms with Gasteiger partial charge in [-0.25, -0.2) is 8.78 Å². The minimum atomic E-state index is -0.785. The summed E-state index contributed by atoms with van der Waals surface area (Å²) in [6.07, 6.45) is 0. The lowest BCUT2D eigenvalue weighted by molar-refractivity contribution is -0.120. The molecule has 24 heavy (non-hydrogen) atoms. The van der Waals surface area contributed by atoms with Crippen molar-refractivity contribution in [2.75, 3.05) is 12.4 Å². The highest BCUT2D eigenvalue weighted by Gasteiger charge is 2.21. The second-order valence-corrected chi connectivity index (χ2v) is 6.11. The molecule has 0 fully saturated rings. The molecular weight excluding hydrogens is 310 g/mol. The molecule has 0 bridgehead atoms. The highest BCUT2D eigenvalue weighted by atomic mass is 19.1. The number of rotatable bonds is 5. The Morgan fingerprint density at radius 1 is 1.17 bits per heavy atom. The molecule has 0 aliphatic carbocycles. The van der Waals surface area contributed by atoms with Crippen molar-refractivity contribution in [1.82, 2.24) is 4.90 Å². The third kappa shape index (κ3) is 4.17. The predicted molar refractivity (Wildman–Crippen MR) is 91.8 cm³/mol. The first-order chi connectivity index (χ1) is 11.3. The lowest BCUT2D eigenvalue weighted by atomic mass is 10.0. The lowest BCUT2D eigenvalue weighted by Gasteiger charge is -2.25. The summed E-state index contributed by atoms with van der Waals surface area (Å²) in [6, 6.07) is 9.09. The zero-order chi connectivity index (χ0) is 17.9. The van der Waals surface area contributed by atoms with E-state index in [1.807, 2.05) is 30.9 Å². The fourth-order valence-corrected chi connectivity index (χ4v) is 2.47. The van der Waals surface area contributed by atoms with Crippen molar-refractivity contribution in [2.45, 2.75) is 33.4 Å². The van der Waals surface area contributed by atoms with Gasteiger partial charge in [-0.3, -0.25) is 9.69 Å². The topological polar surface area (TPSA) is 32.3 Å². The summed E-state index contributed by atoms with van der Waals surface area (Å²) in [4.78, 5) is 14.1. The summed E-state index contributed by atoms with van der Waals surface area (Å²) in [5.41, 5.74) is 3.03. The summed E-state index contributed by atoms with van der Waals surface area (Å²) in [5, 5.41) is 2.34. The molecule has 1 amide bonds. The number of hydrogen-bond donors (Lipinski definition) is 1. The number of nitrogens with one attached hydrogen (secondary N) is 1. The Morgan fingerprint density at radius 2 is 1.79 bits per heavy atom. The van der Waals surface area contributed by atoms with Crippen LogP contribution in [0.1, 0.15) is 23.6 Å². The second kappa shape index (κ2) is 7.53. The molecule has 0 heterocycles. The van der Waals surface area contributed by atoms with E-state index in [4.69, 9.17) is 0 Å². The Morgan fingerprint density at radius 3 is 2.38 bits per heavy atom. The molecule has 2 aromatic rings. The van der Waals surface area contributed by atoms with Crippen LogP contribution in [0.2, 0.25) is 0 Å². The van der Waals surface area contributed by atoms with Gasteiger partial charge in [0, 0.05) is 6.54 Å². The average Bonchev–Trinajstić information content (AvgIpc) is 2.52. The molecular formula is C19H22F2N2O. The van der Waals surface area contributed by atoms with Gasteiger partial charge in [0.25, 0.3) is 0 Å². The van der Waals surface area contributed by atoms with Crippen LogP contribution in [0.5, 0.6) is 0 Å². The molecule has 0 aromatic heterocycles. The highest BCUT2D eigenvalue weighted by Crippen LogP contribution is 2.19. The Kier molecular flexibility index (Phi) is 5.67. The molecule has 5 heteroatoms. The van der Waals surface area contributed by atoms with Gasteiger partial charge >= 0.3 is 0 Å². The Labute approximate surface area is 141 Å². The molecule has 1 atom stereocenters. The first-order valence-corrected chi connectivity index (χ1v) is 7.81. The molecule has 0 aliphatic heterocycles. The van der Waals surface area contributed by atoms with Gasteiger partial charge in [0.15, 0.2) is 0 Å². The van der Waals surface area contributed by atoms with Crippen LogP contribution in [-0.4, -0.2) is 23.9 Å². The molecule has 128 valence electrons. The standard InChI is InChI=1S/C19H22F2N2O/c1-12-8-9-15(13(2)10-12)11-23(4)14(3)19(24)22-18-16(20)6-5-7-17(18)21/h5-10,14H,11H2,1-4H3,(H,22,24)/t14-/m0/s1. The van der Waals surface area contributed by atoms with Gasteiger partial charge in [-0.15, -0.1) is 0 Å². The highest BCUT2D eigenvalue weighted by molar-refractivity contribution is 5.94. The summed E-state index contributed by atoms with van der Waals surface area (Å²) in [7, 11) is 1.81. The van der Waals surface area contributed by atoms with Gasteiger partial charge in [-0.05, 0) is 51.1 Å². The van der Waals surface area contributed by atoms with E-state index in [0.29, 0.717) is 6.54 Å². The smallest absolute Gasteiger partial charge is 0.241 e. The molecule has 1 N–H and O–H groups in total. The van der Waals surface area contributed by atoms with Crippen molar-refractivity contribution in [3.63, 3.8) is 0 Å². The van der Waals surface area contributed by atoms with Gasteiger partial charge < -0.3 is 5.32 Å². The van der Waals surface area contributed by atoms with E-state index in [1.165, 1.54) is 11.6 Å². The molecule has 0 saturated carbocycles. The van der Waals surface area contributed by atoms with Crippen molar-refractivity contribution >= 4 is 11.6 Å². The molecule has 0 radical (unpaired) electrons. The number of para-hydroxylation sites is 1. The summed E-state index contributed by atoms with van der Waals surface area (Å²) >= 11 is 0. The fraction of sp³-hybridized carbons (Fsp3) is 0.316.